The van der Waals surface area contributed by atoms with Crippen molar-refractivity contribution in [2.24, 2.45) is 0 Å². The summed E-state index contributed by atoms with van der Waals surface area (Å²) < 4.78 is 18.2. The number of hydrogen-bond donors (Lipinski definition) is 0. The van der Waals surface area contributed by atoms with Crippen molar-refractivity contribution in [3.63, 3.8) is 0 Å². The minimum atomic E-state index is -0.590. The summed E-state index contributed by atoms with van der Waals surface area (Å²) in [5, 5.41) is 0.596. The summed E-state index contributed by atoms with van der Waals surface area (Å²) in [4.78, 5) is 30.7. The molecule has 0 spiro atoms. The van der Waals surface area contributed by atoms with E-state index in [9.17, 15) is 14.0 Å². The van der Waals surface area contributed by atoms with E-state index in [1.54, 1.807) is 24.0 Å². The summed E-state index contributed by atoms with van der Waals surface area (Å²) in [6.45, 7) is 9.78. The summed E-state index contributed by atoms with van der Waals surface area (Å²) in [7, 11) is 0. The van der Waals surface area contributed by atoms with Crippen molar-refractivity contribution in [2.75, 3.05) is 19.7 Å². The third-order valence-corrected chi connectivity index (χ3v) is 4.78. The molecule has 0 bridgehead atoms. The Balaban J connectivity index is 2.05. The van der Waals surface area contributed by atoms with E-state index in [4.69, 9.17) is 4.74 Å². The van der Waals surface area contributed by atoms with Gasteiger partial charge in [-0.15, -0.1) is 11.3 Å². The van der Waals surface area contributed by atoms with Crippen LogP contribution in [-0.2, 0) is 9.53 Å². The zero-order chi connectivity index (χ0) is 19.3. The Hall–Kier alpha value is -2.54. The molecule has 5 nitrogen and oxygen atoms in total. The van der Waals surface area contributed by atoms with E-state index >= 15 is 0 Å². The lowest BCUT2D eigenvalue weighted by molar-refractivity contribution is -0.133. The van der Waals surface area contributed by atoms with Crippen molar-refractivity contribution in [2.45, 2.75) is 20.8 Å². The van der Waals surface area contributed by atoms with Gasteiger partial charge in [0, 0.05) is 18.7 Å². The molecule has 0 atom stereocenters. The van der Waals surface area contributed by atoms with Crippen LogP contribution in [-0.4, -0.2) is 41.5 Å². The second-order valence-corrected chi connectivity index (χ2v) is 6.88. The second kappa shape index (κ2) is 8.71. The summed E-state index contributed by atoms with van der Waals surface area (Å²) in [5.74, 6) is -1.20. The van der Waals surface area contributed by atoms with Crippen LogP contribution in [0.5, 0.6) is 0 Å². The topological polar surface area (TPSA) is 59.5 Å². The van der Waals surface area contributed by atoms with Gasteiger partial charge in [-0.1, -0.05) is 12.2 Å². The van der Waals surface area contributed by atoms with Crippen molar-refractivity contribution >= 4 is 23.2 Å². The van der Waals surface area contributed by atoms with Gasteiger partial charge >= 0.3 is 5.97 Å². The van der Waals surface area contributed by atoms with Crippen LogP contribution < -0.4 is 0 Å². The highest BCUT2D eigenvalue weighted by Gasteiger charge is 2.20. The maximum Gasteiger partial charge on any atom is 0.350 e. The Bertz CT molecular complexity index is 815. The Morgan fingerprint density at radius 3 is 2.54 bits per heavy atom. The van der Waals surface area contributed by atoms with Crippen LogP contribution in [0.4, 0.5) is 4.39 Å². The lowest BCUT2D eigenvalue weighted by Gasteiger charge is -2.20. The first-order valence-electron chi connectivity index (χ1n) is 8.14. The van der Waals surface area contributed by atoms with E-state index in [2.05, 4.69) is 11.6 Å². The molecule has 1 aromatic carbocycles. The minimum Gasteiger partial charge on any atom is -0.451 e. The predicted molar refractivity (Wildman–Crippen MR) is 99.6 cm³/mol. The molecule has 26 heavy (non-hydrogen) atoms. The Kier molecular flexibility index (Phi) is 6.63. The molecule has 0 saturated heterocycles. The molecule has 0 aliphatic heterocycles. The van der Waals surface area contributed by atoms with Crippen molar-refractivity contribution in [3.8, 4) is 10.6 Å². The molecule has 0 N–H and O–H groups in total. The molecule has 0 saturated carbocycles. The van der Waals surface area contributed by atoms with Crippen LogP contribution >= 0.6 is 11.3 Å². The average Bonchev–Trinajstić information content (AvgIpc) is 2.99. The molecule has 1 heterocycles. The predicted octanol–water partition coefficient (Wildman–Crippen LogP) is 3.84. The van der Waals surface area contributed by atoms with Gasteiger partial charge in [0.2, 0.25) is 0 Å². The molecular formula is C19H21FN2O3S. The fourth-order valence-corrected chi connectivity index (χ4v) is 3.25. The first-order chi connectivity index (χ1) is 12.3. The number of halogens is 1. The number of rotatable bonds is 7. The van der Waals surface area contributed by atoms with Gasteiger partial charge in [-0.2, -0.15) is 0 Å². The highest BCUT2D eigenvalue weighted by Crippen LogP contribution is 2.28. The van der Waals surface area contributed by atoms with Crippen molar-refractivity contribution in [3.05, 3.63) is 52.8 Å². The van der Waals surface area contributed by atoms with Crippen molar-refractivity contribution in [1.82, 2.24) is 9.88 Å². The molecular weight excluding hydrogens is 355 g/mol. The molecule has 1 amide bonds. The fourth-order valence-electron chi connectivity index (χ4n) is 2.29. The number of aryl methyl sites for hydroxylation is 1. The summed E-state index contributed by atoms with van der Waals surface area (Å²) in [6.07, 6.45) is 0. The first kappa shape index (κ1) is 19.8. The monoisotopic (exact) mass is 376 g/mol. The smallest absolute Gasteiger partial charge is 0.350 e. The van der Waals surface area contributed by atoms with Crippen LogP contribution in [0.1, 0.15) is 29.2 Å². The standard InChI is InChI=1S/C19H21FN2O3S/c1-5-22(10-12(2)3)16(23)11-25-19(24)17-13(4)21-18(26-17)14-6-8-15(20)9-7-14/h6-9H,2,5,10-11H2,1,3-4H3. The van der Waals surface area contributed by atoms with Gasteiger partial charge in [0.05, 0.1) is 5.69 Å². The maximum atomic E-state index is 13.0. The van der Waals surface area contributed by atoms with E-state index in [1.807, 2.05) is 13.8 Å². The van der Waals surface area contributed by atoms with E-state index in [0.717, 1.165) is 16.9 Å². The number of likely N-dealkylation sites (N-methyl/N-ethyl adjacent to an activating group) is 1. The van der Waals surface area contributed by atoms with E-state index in [0.29, 0.717) is 34.2 Å². The minimum absolute atomic E-state index is 0.273. The molecule has 138 valence electrons. The number of hydrogen-bond acceptors (Lipinski definition) is 5. The van der Waals surface area contributed by atoms with E-state index < -0.39 is 5.97 Å². The molecule has 1 aromatic heterocycles. The van der Waals surface area contributed by atoms with Gasteiger partial charge in [0.25, 0.3) is 5.91 Å². The molecule has 2 rings (SSSR count). The number of thiazole rings is 1. The van der Waals surface area contributed by atoms with Crippen LogP contribution in [0.25, 0.3) is 10.6 Å². The zero-order valence-corrected chi connectivity index (χ0v) is 15.9. The Morgan fingerprint density at radius 2 is 1.96 bits per heavy atom. The summed E-state index contributed by atoms with van der Waals surface area (Å²) in [5.41, 5.74) is 2.09. The lowest BCUT2D eigenvalue weighted by Crippen LogP contribution is -2.35. The Morgan fingerprint density at radius 1 is 1.31 bits per heavy atom. The molecule has 0 radical (unpaired) electrons. The van der Waals surface area contributed by atoms with Crippen LogP contribution in [0.3, 0.4) is 0 Å². The quantitative estimate of drug-likeness (QED) is 0.544. The lowest BCUT2D eigenvalue weighted by atomic mass is 10.2. The number of carbonyl (C=O) groups is 2. The third kappa shape index (κ3) is 4.98. The number of carbonyl (C=O) groups excluding carboxylic acids is 2. The number of nitrogens with zero attached hydrogens (tertiary/aromatic N) is 2. The molecule has 0 fully saturated rings. The molecule has 0 aliphatic carbocycles. The zero-order valence-electron chi connectivity index (χ0n) is 15.0. The van der Waals surface area contributed by atoms with Gasteiger partial charge < -0.3 is 9.64 Å². The molecule has 7 heteroatoms. The maximum absolute atomic E-state index is 13.0. The van der Waals surface area contributed by atoms with Crippen molar-refractivity contribution < 1.29 is 18.7 Å². The highest BCUT2D eigenvalue weighted by molar-refractivity contribution is 7.17. The Labute approximate surface area is 156 Å². The summed E-state index contributed by atoms with van der Waals surface area (Å²) in [6, 6.07) is 5.87. The number of ether oxygens (including phenoxy) is 1. The van der Waals surface area contributed by atoms with Crippen LogP contribution in [0.15, 0.2) is 36.4 Å². The normalized spacial score (nSPS) is 10.5. The van der Waals surface area contributed by atoms with Gasteiger partial charge in [-0.05, 0) is 45.0 Å². The highest BCUT2D eigenvalue weighted by atomic mass is 32.1. The van der Waals surface area contributed by atoms with E-state index in [-0.39, 0.29) is 18.3 Å². The van der Waals surface area contributed by atoms with Crippen LogP contribution in [0.2, 0.25) is 0 Å². The van der Waals surface area contributed by atoms with Gasteiger partial charge in [0.15, 0.2) is 6.61 Å². The largest absolute Gasteiger partial charge is 0.451 e. The van der Waals surface area contributed by atoms with Crippen LogP contribution in [0, 0.1) is 12.7 Å². The fraction of sp³-hybridized carbons (Fsp3) is 0.316. The average molecular weight is 376 g/mol. The number of esters is 1. The molecule has 0 unspecified atom stereocenters. The molecule has 0 aliphatic rings. The first-order valence-corrected chi connectivity index (χ1v) is 8.96. The van der Waals surface area contributed by atoms with Gasteiger partial charge in [0.1, 0.15) is 15.7 Å². The second-order valence-electron chi connectivity index (χ2n) is 5.88. The number of aromatic nitrogens is 1. The van der Waals surface area contributed by atoms with Gasteiger partial charge in [-0.3, -0.25) is 4.79 Å². The third-order valence-electron chi connectivity index (χ3n) is 3.60. The number of amides is 1. The number of benzene rings is 1. The van der Waals surface area contributed by atoms with Gasteiger partial charge in [-0.25, -0.2) is 14.2 Å². The van der Waals surface area contributed by atoms with E-state index in [1.165, 1.54) is 12.1 Å². The summed E-state index contributed by atoms with van der Waals surface area (Å²) >= 11 is 1.16. The SMILES string of the molecule is C=C(C)CN(CC)C(=O)COC(=O)c1sc(-c2ccc(F)cc2)nc1C. The molecule has 2 aromatic rings. The van der Waals surface area contributed by atoms with Crippen molar-refractivity contribution in [1.29, 1.82) is 0 Å².